The van der Waals surface area contributed by atoms with Gasteiger partial charge in [0.25, 0.3) is 0 Å². The molecule has 2 unspecified atom stereocenters. The predicted molar refractivity (Wildman–Crippen MR) is 57.9 cm³/mol. The molecule has 0 bridgehead atoms. The quantitative estimate of drug-likeness (QED) is 0.601. The van der Waals surface area contributed by atoms with Gasteiger partial charge < -0.3 is 4.74 Å². The molecule has 0 aliphatic carbocycles. The Hall–Kier alpha value is -1.04. The number of halogens is 1. The fraction of sp³-hybridized carbons (Fsp3) is 0.545. The van der Waals surface area contributed by atoms with Crippen molar-refractivity contribution in [2.45, 2.75) is 31.4 Å². The standard InChI is InChI=1S/C11H16FN3O/c1-11(3-2-4-16-11)10(15-13)8-5-9(12)7-14-6-8/h5-7,10,15H,2-4,13H2,1H3. The Bertz CT molecular complexity index is 366. The first kappa shape index (κ1) is 11.4. The van der Waals surface area contributed by atoms with E-state index >= 15 is 0 Å². The molecule has 2 heterocycles. The van der Waals surface area contributed by atoms with E-state index < -0.39 is 0 Å². The molecule has 0 spiro atoms. The smallest absolute Gasteiger partial charge is 0.141 e. The number of aromatic nitrogens is 1. The third-order valence-electron chi connectivity index (χ3n) is 3.09. The summed E-state index contributed by atoms with van der Waals surface area (Å²) in [5, 5.41) is 0. The number of hydrazine groups is 1. The molecule has 1 aliphatic rings. The van der Waals surface area contributed by atoms with Gasteiger partial charge in [-0.2, -0.15) is 0 Å². The first-order valence-electron chi connectivity index (χ1n) is 5.36. The third-order valence-corrected chi connectivity index (χ3v) is 3.09. The van der Waals surface area contributed by atoms with Crippen LogP contribution in [-0.2, 0) is 4.74 Å². The lowest BCUT2D eigenvalue weighted by Crippen LogP contribution is -2.44. The maximum atomic E-state index is 13.1. The fourth-order valence-electron chi connectivity index (χ4n) is 2.24. The molecule has 2 atom stereocenters. The van der Waals surface area contributed by atoms with E-state index in [1.807, 2.05) is 6.92 Å². The molecule has 3 N–H and O–H groups in total. The lowest BCUT2D eigenvalue weighted by atomic mass is 9.89. The van der Waals surface area contributed by atoms with Gasteiger partial charge in [0.2, 0.25) is 0 Å². The summed E-state index contributed by atoms with van der Waals surface area (Å²) in [4.78, 5) is 3.83. The minimum absolute atomic E-state index is 0.238. The molecular formula is C11H16FN3O. The maximum Gasteiger partial charge on any atom is 0.141 e. The van der Waals surface area contributed by atoms with Gasteiger partial charge in [-0.1, -0.05) is 0 Å². The van der Waals surface area contributed by atoms with E-state index in [0.717, 1.165) is 19.4 Å². The minimum Gasteiger partial charge on any atom is -0.373 e. The van der Waals surface area contributed by atoms with Gasteiger partial charge in [0.15, 0.2) is 0 Å². The van der Waals surface area contributed by atoms with Crippen LogP contribution in [0.5, 0.6) is 0 Å². The molecule has 0 radical (unpaired) electrons. The van der Waals surface area contributed by atoms with E-state index in [9.17, 15) is 4.39 Å². The zero-order valence-corrected chi connectivity index (χ0v) is 9.24. The lowest BCUT2D eigenvalue weighted by molar-refractivity contribution is -0.0127. The van der Waals surface area contributed by atoms with Crippen LogP contribution < -0.4 is 11.3 Å². The zero-order valence-electron chi connectivity index (χ0n) is 9.24. The first-order chi connectivity index (χ1) is 7.65. The topological polar surface area (TPSA) is 60.2 Å². The Morgan fingerprint density at radius 1 is 1.62 bits per heavy atom. The second-order valence-electron chi connectivity index (χ2n) is 4.30. The van der Waals surface area contributed by atoms with E-state index in [2.05, 4.69) is 10.4 Å². The fourth-order valence-corrected chi connectivity index (χ4v) is 2.24. The molecular weight excluding hydrogens is 209 g/mol. The number of hydrogen-bond acceptors (Lipinski definition) is 4. The number of pyridine rings is 1. The van der Waals surface area contributed by atoms with E-state index in [1.54, 1.807) is 6.20 Å². The first-order valence-corrected chi connectivity index (χ1v) is 5.36. The summed E-state index contributed by atoms with van der Waals surface area (Å²) in [6.07, 6.45) is 4.69. The van der Waals surface area contributed by atoms with Crippen molar-refractivity contribution in [3.8, 4) is 0 Å². The third kappa shape index (κ3) is 2.07. The van der Waals surface area contributed by atoms with Gasteiger partial charge in [-0.15, -0.1) is 0 Å². The van der Waals surface area contributed by atoms with E-state index in [-0.39, 0.29) is 17.5 Å². The van der Waals surface area contributed by atoms with Gasteiger partial charge >= 0.3 is 0 Å². The molecule has 0 saturated carbocycles. The van der Waals surface area contributed by atoms with E-state index in [0.29, 0.717) is 5.56 Å². The molecule has 0 aromatic carbocycles. The van der Waals surface area contributed by atoms with Crippen LogP contribution in [0.4, 0.5) is 4.39 Å². The molecule has 0 amide bonds. The molecule has 1 aromatic heterocycles. The number of rotatable bonds is 3. The van der Waals surface area contributed by atoms with Gasteiger partial charge in [-0.25, -0.2) is 4.39 Å². The average molecular weight is 225 g/mol. The monoisotopic (exact) mass is 225 g/mol. The van der Waals surface area contributed by atoms with Crippen LogP contribution in [0.2, 0.25) is 0 Å². The second-order valence-corrected chi connectivity index (χ2v) is 4.30. The summed E-state index contributed by atoms with van der Waals surface area (Å²) < 4.78 is 18.8. The summed E-state index contributed by atoms with van der Waals surface area (Å²) in [6, 6.07) is 1.20. The Balaban J connectivity index is 2.28. The van der Waals surface area contributed by atoms with E-state index in [1.165, 1.54) is 12.3 Å². The molecule has 5 heteroatoms. The van der Waals surface area contributed by atoms with Crippen molar-refractivity contribution in [3.63, 3.8) is 0 Å². The van der Waals surface area contributed by atoms with Crippen LogP contribution in [0.1, 0.15) is 31.4 Å². The number of ether oxygens (including phenoxy) is 1. The van der Waals surface area contributed by atoms with Crippen molar-refractivity contribution in [2.24, 2.45) is 5.84 Å². The highest BCUT2D eigenvalue weighted by atomic mass is 19.1. The van der Waals surface area contributed by atoms with Crippen molar-refractivity contribution in [1.82, 2.24) is 10.4 Å². The number of nitrogens with two attached hydrogens (primary N) is 1. The van der Waals surface area contributed by atoms with Crippen molar-refractivity contribution in [1.29, 1.82) is 0 Å². The maximum absolute atomic E-state index is 13.1. The molecule has 1 aromatic rings. The Labute approximate surface area is 94.0 Å². The van der Waals surface area contributed by atoms with Crippen LogP contribution in [-0.4, -0.2) is 17.2 Å². The van der Waals surface area contributed by atoms with Crippen LogP contribution in [0.25, 0.3) is 0 Å². The van der Waals surface area contributed by atoms with Crippen molar-refractivity contribution in [2.75, 3.05) is 6.61 Å². The molecule has 88 valence electrons. The van der Waals surface area contributed by atoms with Gasteiger partial charge in [-0.05, 0) is 31.4 Å². The Kier molecular flexibility index (Phi) is 3.18. The highest BCUT2D eigenvalue weighted by Crippen LogP contribution is 2.36. The Morgan fingerprint density at radius 3 is 3.00 bits per heavy atom. The number of nitrogens with zero attached hydrogens (tertiary/aromatic N) is 1. The van der Waals surface area contributed by atoms with E-state index in [4.69, 9.17) is 10.6 Å². The number of hydrogen-bond donors (Lipinski definition) is 2. The van der Waals surface area contributed by atoms with Crippen LogP contribution in [0, 0.1) is 5.82 Å². The zero-order chi connectivity index (χ0) is 11.6. The van der Waals surface area contributed by atoms with Gasteiger partial charge in [0.1, 0.15) is 5.82 Å². The summed E-state index contributed by atoms with van der Waals surface area (Å²) >= 11 is 0. The molecule has 4 nitrogen and oxygen atoms in total. The SMILES string of the molecule is CC1(C(NN)c2cncc(F)c2)CCCO1. The molecule has 2 rings (SSSR count). The van der Waals surface area contributed by atoms with Crippen LogP contribution in [0.3, 0.4) is 0 Å². The van der Waals surface area contributed by atoms with Crippen LogP contribution in [0.15, 0.2) is 18.5 Å². The predicted octanol–water partition coefficient (Wildman–Crippen LogP) is 1.29. The van der Waals surface area contributed by atoms with Gasteiger partial charge in [0, 0.05) is 12.8 Å². The lowest BCUT2D eigenvalue weighted by Gasteiger charge is -2.32. The molecule has 1 aliphatic heterocycles. The van der Waals surface area contributed by atoms with Gasteiger partial charge in [0.05, 0.1) is 17.8 Å². The second kappa shape index (κ2) is 4.45. The average Bonchev–Trinajstić information content (AvgIpc) is 2.67. The molecule has 1 saturated heterocycles. The van der Waals surface area contributed by atoms with Crippen LogP contribution >= 0.6 is 0 Å². The molecule has 1 fully saturated rings. The largest absolute Gasteiger partial charge is 0.373 e. The normalized spacial score (nSPS) is 26.9. The minimum atomic E-state index is -0.385. The summed E-state index contributed by atoms with van der Waals surface area (Å²) in [5.74, 6) is 5.18. The number of nitrogens with one attached hydrogen (secondary N) is 1. The van der Waals surface area contributed by atoms with Crippen molar-refractivity contribution in [3.05, 3.63) is 29.8 Å². The summed E-state index contributed by atoms with van der Waals surface area (Å²) in [5.41, 5.74) is 3.03. The Morgan fingerprint density at radius 2 is 2.44 bits per heavy atom. The van der Waals surface area contributed by atoms with Crippen molar-refractivity contribution < 1.29 is 9.13 Å². The molecule has 16 heavy (non-hydrogen) atoms. The summed E-state index contributed by atoms with van der Waals surface area (Å²) in [7, 11) is 0. The highest BCUT2D eigenvalue weighted by molar-refractivity contribution is 5.19. The summed E-state index contributed by atoms with van der Waals surface area (Å²) in [6.45, 7) is 2.70. The van der Waals surface area contributed by atoms with Crippen molar-refractivity contribution >= 4 is 0 Å². The van der Waals surface area contributed by atoms with Gasteiger partial charge in [-0.3, -0.25) is 16.3 Å². The highest BCUT2D eigenvalue weighted by Gasteiger charge is 2.39.